The molecule has 0 N–H and O–H groups in total. The Bertz CT molecular complexity index is 6.85. The quantitative estimate of drug-likeness (QED) is 0.472. The molecule has 4 radical (unpaired) electrons. The summed E-state index contributed by atoms with van der Waals surface area (Å²) >= 11 is 5.88. The van der Waals surface area contributed by atoms with E-state index in [0.717, 1.165) is 0 Å². The van der Waals surface area contributed by atoms with E-state index in [0.29, 0.717) is 0 Å². The van der Waals surface area contributed by atoms with Crippen LogP contribution < -0.4 is 0 Å². The third-order valence-corrected chi connectivity index (χ3v) is 0. The Balaban J connectivity index is -0.0000000133. The van der Waals surface area contributed by atoms with Crippen molar-refractivity contribution in [3.05, 3.63) is 0 Å². The fourth-order valence-corrected chi connectivity index (χ4v) is 0. The monoisotopic (exact) mass is 174 g/mol. The summed E-state index contributed by atoms with van der Waals surface area (Å²) in [6.45, 7) is 0. The minimum atomic E-state index is 0. The van der Waals surface area contributed by atoms with Gasteiger partial charge in [0, 0.05) is 0 Å². The van der Waals surface area contributed by atoms with Gasteiger partial charge in [-0.15, -0.1) is 0 Å². The first-order valence-corrected chi connectivity index (χ1v) is 1.02. The molecule has 0 heterocycles. The van der Waals surface area contributed by atoms with Crippen LogP contribution in [-0.2, 0) is 45.0 Å². The Morgan fingerprint density at radius 3 is 0.800 bits per heavy atom. The standard InChI is InChI=1S/2Cu.3O/q2*-1;;;+2. The van der Waals surface area contributed by atoms with Crippen LogP contribution in [0.25, 0.3) is 0 Å². The SMILES string of the molecule is [O+2].[O]=[Cu-].[O]=[Cu-]. The van der Waals surface area contributed by atoms with E-state index in [4.69, 9.17) is 7.67 Å². The summed E-state index contributed by atoms with van der Waals surface area (Å²) in [6.07, 6.45) is 0. The van der Waals surface area contributed by atoms with E-state index in [1.54, 1.807) is 0 Å². The van der Waals surface area contributed by atoms with Crippen molar-refractivity contribution < 1.29 is 45.0 Å². The molecule has 5 heteroatoms. The van der Waals surface area contributed by atoms with Crippen molar-refractivity contribution >= 4 is 0 Å². The van der Waals surface area contributed by atoms with Gasteiger partial charge in [0.1, 0.15) is 0 Å². The molecule has 0 aromatic rings. The van der Waals surface area contributed by atoms with Crippen LogP contribution in [0.5, 0.6) is 0 Å². The predicted molar refractivity (Wildman–Crippen MR) is 2.06 cm³/mol. The van der Waals surface area contributed by atoms with Crippen molar-refractivity contribution in [2.75, 3.05) is 0 Å². The van der Waals surface area contributed by atoms with Crippen LogP contribution in [0, 0.1) is 0 Å². The van der Waals surface area contributed by atoms with Crippen LogP contribution in [0.2, 0.25) is 0 Å². The molecular formula is Cu2O3. The second kappa shape index (κ2) is 166. The Hall–Kier alpha value is 0.599. The summed E-state index contributed by atoms with van der Waals surface area (Å²) in [5.74, 6) is 0. The Labute approximate surface area is 45.5 Å². The topological polar surface area (TPSA) is 62.6 Å². The van der Waals surface area contributed by atoms with E-state index >= 15 is 0 Å². The van der Waals surface area contributed by atoms with Crippen LogP contribution in [-0.4, -0.2) is 0 Å². The van der Waals surface area contributed by atoms with Crippen LogP contribution in [0.15, 0.2) is 0 Å². The van der Waals surface area contributed by atoms with Gasteiger partial charge in [0.15, 0.2) is 0 Å². The maximum atomic E-state index is 7.81. The summed E-state index contributed by atoms with van der Waals surface area (Å²) in [6, 6.07) is 0. The van der Waals surface area contributed by atoms with Gasteiger partial charge in [0.25, 0.3) is 0 Å². The van der Waals surface area contributed by atoms with Gasteiger partial charge >= 0.3 is 45.0 Å². The average Bonchev–Trinajstić information content (AvgIpc) is 1.50. The third-order valence-electron chi connectivity index (χ3n) is 0. The third kappa shape index (κ3) is 86.6. The van der Waals surface area contributed by atoms with Crippen molar-refractivity contribution in [2.24, 2.45) is 0 Å². The number of hydrogen-bond donors (Lipinski definition) is 0. The van der Waals surface area contributed by atoms with Crippen molar-refractivity contribution in [3.63, 3.8) is 0 Å². The fourth-order valence-electron chi connectivity index (χ4n) is 0. The van der Waals surface area contributed by atoms with Gasteiger partial charge in [0.05, 0.1) is 0 Å². The average molecular weight is 175 g/mol. The fraction of sp³-hybridized carbons (Fsp3) is 0. The van der Waals surface area contributed by atoms with Gasteiger partial charge < -0.3 is 0 Å². The minimum absolute atomic E-state index is 0. The van der Waals surface area contributed by atoms with E-state index in [-0.39, 0.29) is 5.48 Å². The molecule has 0 fully saturated rings. The number of hydrogen-bond acceptors (Lipinski definition) is 2. The molecule has 0 atom stereocenters. The van der Waals surface area contributed by atoms with Crippen molar-refractivity contribution in [1.82, 2.24) is 0 Å². The van der Waals surface area contributed by atoms with Gasteiger partial charge in [-0.05, 0) is 0 Å². The van der Waals surface area contributed by atoms with E-state index in [1.807, 2.05) is 0 Å². The first kappa shape index (κ1) is 17.5. The Morgan fingerprint density at radius 2 is 0.800 bits per heavy atom. The molecule has 0 aromatic heterocycles. The molecule has 5 heavy (non-hydrogen) atoms. The molecule has 0 aliphatic rings. The predicted octanol–water partition coefficient (Wildman–Crippen LogP) is -0.361. The van der Waals surface area contributed by atoms with Crippen molar-refractivity contribution in [1.29, 1.82) is 0 Å². The van der Waals surface area contributed by atoms with E-state index < -0.39 is 0 Å². The van der Waals surface area contributed by atoms with Crippen molar-refractivity contribution in [3.8, 4) is 0 Å². The summed E-state index contributed by atoms with van der Waals surface area (Å²) in [5, 5.41) is 0. The maximum absolute atomic E-state index is 7.81. The van der Waals surface area contributed by atoms with E-state index in [1.165, 1.54) is 0 Å². The molecule has 0 aromatic carbocycles. The number of rotatable bonds is 0. The zero-order valence-corrected chi connectivity index (χ0v) is 3.71. The van der Waals surface area contributed by atoms with Crippen LogP contribution >= 0.6 is 0 Å². The Morgan fingerprint density at radius 1 is 0.800 bits per heavy atom. The van der Waals surface area contributed by atoms with Crippen molar-refractivity contribution in [2.45, 2.75) is 0 Å². The molecule has 0 saturated heterocycles. The second-order valence-corrected chi connectivity index (χ2v) is 0. The van der Waals surface area contributed by atoms with Crippen LogP contribution in [0.3, 0.4) is 0 Å². The summed E-state index contributed by atoms with van der Waals surface area (Å²) in [5.41, 5.74) is 0. The molecule has 0 aliphatic heterocycles. The van der Waals surface area contributed by atoms with Gasteiger partial charge in [-0.2, -0.15) is 0 Å². The molecule has 40 valence electrons. The molecule has 0 spiro atoms. The molecule has 0 unspecified atom stereocenters. The van der Waals surface area contributed by atoms with E-state index in [9.17, 15) is 0 Å². The van der Waals surface area contributed by atoms with Gasteiger partial charge in [-0.3, -0.25) is 0 Å². The second-order valence-electron chi connectivity index (χ2n) is 0. The first-order chi connectivity index (χ1) is 2.00. The first-order valence-electron chi connectivity index (χ1n) is 0.246. The molecule has 0 rings (SSSR count). The van der Waals surface area contributed by atoms with E-state index in [2.05, 4.69) is 31.9 Å². The zero-order valence-electron chi connectivity index (χ0n) is 1.83. The normalized spacial score (nSPS) is 2.40. The molecule has 0 aliphatic carbocycles. The Kier molecular flexibility index (Phi) is 582. The molecular weight excluding hydrogens is 175 g/mol. The van der Waals surface area contributed by atoms with Crippen LogP contribution in [0.1, 0.15) is 0 Å². The zero-order chi connectivity index (χ0) is 4.00. The molecule has 0 bridgehead atoms. The van der Waals surface area contributed by atoms with Crippen LogP contribution in [0.4, 0.5) is 0 Å². The van der Waals surface area contributed by atoms with Gasteiger partial charge in [-0.25, -0.2) is 0 Å². The molecule has 0 saturated carbocycles. The summed E-state index contributed by atoms with van der Waals surface area (Å²) in [7, 11) is 0. The van der Waals surface area contributed by atoms with Gasteiger partial charge in [0.2, 0.25) is 0 Å². The summed E-state index contributed by atoms with van der Waals surface area (Å²) in [4.78, 5) is 0. The van der Waals surface area contributed by atoms with Gasteiger partial charge in [-0.1, -0.05) is 0 Å². The molecule has 3 nitrogen and oxygen atoms in total. The summed E-state index contributed by atoms with van der Waals surface area (Å²) < 4.78 is 15.6. The molecule has 0 amide bonds.